The molecule has 0 aliphatic carbocycles. The Bertz CT molecular complexity index is 1090. The van der Waals surface area contributed by atoms with E-state index in [9.17, 15) is 4.79 Å². The summed E-state index contributed by atoms with van der Waals surface area (Å²) in [6.07, 6.45) is 0.809. The van der Waals surface area contributed by atoms with Crippen LogP contribution in [0.5, 0.6) is 11.5 Å². The quantitative estimate of drug-likeness (QED) is 0.666. The molecule has 2 aliphatic rings. The van der Waals surface area contributed by atoms with Crippen LogP contribution in [0.15, 0.2) is 30.3 Å². The van der Waals surface area contributed by atoms with Crippen LogP contribution in [0.25, 0.3) is 11.0 Å². The minimum atomic E-state index is 0.0141. The van der Waals surface area contributed by atoms with Crippen LogP contribution in [0.3, 0.4) is 0 Å². The van der Waals surface area contributed by atoms with E-state index < -0.39 is 0 Å². The highest BCUT2D eigenvalue weighted by Gasteiger charge is 2.25. The Morgan fingerprint density at radius 3 is 2.44 bits per heavy atom. The van der Waals surface area contributed by atoms with E-state index in [-0.39, 0.29) is 12.7 Å². The van der Waals surface area contributed by atoms with E-state index in [2.05, 4.69) is 9.97 Å². The van der Waals surface area contributed by atoms with Gasteiger partial charge >= 0.3 is 0 Å². The molecular weight excluding hydrogens is 342 g/mol. The maximum absolute atomic E-state index is 13.1. The predicted molar refractivity (Wildman–Crippen MR) is 100 cm³/mol. The number of ether oxygens (including phenoxy) is 2. The van der Waals surface area contributed by atoms with Crippen LogP contribution in [0, 0.1) is 13.8 Å². The molecular formula is C21H19N3O3. The highest BCUT2D eigenvalue weighted by molar-refractivity contribution is 5.97. The molecule has 1 amide bonds. The molecule has 0 spiro atoms. The molecule has 0 saturated heterocycles. The van der Waals surface area contributed by atoms with Gasteiger partial charge < -0.3 is 14.4 Å². The van der Waals surface area contributed by atoms with Crippen LogP contribution >= 0.6 is 0 Å². The second-order valence-corrected chi connectivity index (χ2v) is 7.05. The van der Waals surface area contributed by atoms with Gasteiger partial charge in [0.25, 0.3) is 5.91 Å². The van der Waals surface area contributed by atoms with E-state index in [4.69, 9.17) is 9.47 Å². The largest absolute Gasteiger partial charge is 0.454 e. The van der Waals surface area contributed by atoms with Crippen molar-refractivity contribution < 1.29 is 14.3 Å². The number of nitrogens with zero attached hydrogens (tertiary/aromatic N) is 3. The summed E-state index contributed by atoms with van der Waals surface area (Å²) in [5, 5.41) is 0. The molecule has 0 saturated carbocycles. The SMILES string of the molecule is Cc1nc2ccc(C(=O)N3CCc4cc5c(cc4C3)OCO5)cc2nc1C. The Morgan fingerprint density at radius 2 is 1.67 bits per heavy atom. The van der Waals surface area contributed by atoms with Crippen molar-refractivity contribution in [2.24, 2.45) is 0 Å². The second-order valence-electron chi connectivity index (χ2n) is 7.05. The van der Waals surface area contributed by atoms with Crippen molar-refractivity contribution >= 4 is 16.9 Å². The molecule has 3 aromatic rings. The van der Waals surface area contributed by atoms with Crippen LogP contribution in [0.4, 0.5) is 0 Å². The summed E-state index contributed by atoms with van der Waals surface area (Å²) in [4.78, 5) is 24.0. The van der Waals surface area contributed by atoms with E-state index in [0.717, 1.165) is 45.9 Å². The van der Waals surface area contributed by atoms with Gasteiger partial charge in [-0.3, -0.25) is 4.79 Å². The number of aryl methyl sites for hydroxylation is 2. The molecule has 0 unspecified atom stereocenters. The molecule has 5 rings (SSSR count). The lowest BCUT2D eigenvalue weighted by atomic mass is 9.98. The third-order valence-electron chi connectivity index (χ3n) is 5.32. The van der Waals surface area contributed by atoms with E-state index in [0.29, 0.717) is 18.7 Å². The number of fused-ring (bicyclic) bond motifs is 3. The average molecular weight is 361 g/mol. The number of hydrogen-bond donors (Lipinski definition) is 0. The highest BCUT2D eigenvalue weighted by atomic mass is 16.7. The van der Waals surface area contributed by atoms with Crippen LogP contribution in [-0.4, -0.2) is 34.1 Å². The Balaban J connectivity index is 1.44. The molecule has 2 aliphatic heterocycles. The second kappa shape index (κ2) is 5.94. The van der Waals surface area contributed by atoms with Gasteiger partial charge in [-0.2, -0.15) is 0 Å². The lowest BCUT2D eigenvalue weighted by Gasteiger charge is -2.29. The first-order chi connectivity index (χ1) is 13.1. The van der Waals surface area contributed by atoms with Gasteiger partial charge in [0.15, 0.2) is 11.5 Å². The van der Waals surface area contributed by atoms with Crippen LogP contribution in [0.1, 0.15) is 32.9 Å². The van der Waals surface area contributed by atoms with Gasteiger partial charge in [0.1, 0.15) is 0 Å². The Labute approximate surface area is 156 Å². The molecule has 0 bridgehead atoms. The van der Waals surface area contributed by atoms with Gasteiger partial charge in [0, 0.05) is 18.7 Å². The molecule has 0 N–H and O–H groups in total. The van der Waals surface area contributed by atoms with Gasteiger partial charge in [0.05, 0.1) is 22.4 Å². The van der Waals surface area contributed by atoms with Crippen molar-refractivity contribution in [3.05, 3.63) is 58.4 Å². The maximum Gasteiger partial charge on any atom is 0.254 e. The van der Waals surface area contributed by atoms with Gasteiger partial charge in [0.2, 0.25) is 6.79 Å². The Morgan fingerprint density at radius 1 is 0.963 bits per heavy atom. The summed E-state index contributed by atoms with van der Waals surface area (Å²) in [6, 6.07) is 9.58. The molecule has 6 heteroatoms. The lowest BCUT2D eigenvalue weighted by Crippen LogP contribution is -2.35. The van der Waals surface area contributed by atoms with Crippen molar-refractivity contribution in [2.75, 3.05) is 13.3 Å². The monoisotopic (exact) mass is 361 g/mol. The Kier molecular flexibility index (Phi) is 3.53. The molecule has 0 fully saturated rings. The van der Waals surface area contributed by atoms with Crippen LogP contribution in [0.2, 0.25) is 0 Å². The van der Waals surface area contributed by atoms with Crippen molar-refractivity contribution in [3.8, 4) is 11.5 Å². The number of aromatic nitrogens is 2. The number of rotatable bonds is 1. The standard InChI is InChI=1S/C21H19N3O3/c1-12-13(2)23-18-7-15(3-4-17(18)22-12)21(25)24-6-5-14-8-19-20(27-11-26-19)9-16(14)10-24/h3-4,7-9H,5-6,10-11H2,1-2H3. The van der Waals surface area contributed by atoms with E-state index in [1.165, 1.54) is 5.56 Å². The zero-order valence-electron chi connectivity index (χ0n) is 15.3. The molecule has 136 valence electrons. The number of carbonyl (C=O) groups is 1. The highest BCUT2D eigenvalue weighted by Crippen LogP contribution is 2.37. The average Bonchev–Trinajstić information content (AvgIpc) is 3.13. The first kappa shape index (κ1) is 16.1. The number of amides is 1. The fraction of sp³-hybridized carbons (Fsp3) is 0.286. The number of hydrogen-bond acceptors (Lipinski definition) is 5. The smallest absolute Gasteiger partial charge is 0.254 e. The minimum Gasteiger partial charge on any atom is -0.454 e. The molecule has 1 aromatic heterocycles. The first-order valence-electron chi connectivity index (χ1n) is 9.04. The fourth-order valence-corrected chi connectivity index (χ4v) is 3.67. The Hall–Kier alpha value is -3.15. The number of benzene rings is 2. The van der Waals surface area contributed by atoms with Crippen molar-refractivity contribution in [1.82, 2.24) is 14.9 Å². The maximum atomic E-state index is 13.1. The fourth-order valence-electron chi connectivity index (χ4n) is 3.67. The molecule has 27 heavy (non-hydrogen) atoms. The van der Waals surface area contributed by atoms with Gasteiger partial charge in [-0.05, 0) is 61.7 Å². The molecule has 0 atom stereocenters. The summed E-state index contributed by atoms with van der Waals surface area (Å²) >= 11 is 0. The summed E-state index contributed by atoms with van der Waals surface area (Å²) in [5.41, 5.74) is 6.34. The minimum absolute atomic E-state index is 0.0141. The zero-order chi connectivity index (χ0) is 18.5. The summed E-state index contributed by atoms with van der Waals surface area (Å²) in [6.45, 7) is 5.39. The van der Waals surface area contributed by atoms with Gasteiger partial charge in [-0.1, -0.05) is 0 Å². The van der Waals surface area contributed by atoms with Gasteiger partial charge in [-0.25, -0.2) is 9.97 Å². The summed E-state index contributed by atoms with van der Waals surface area (Å²) < 4.78 is 10.9. The van der Waals surface area contributed by atoms with E-state index in [1.807, 2.05) is 49.1 Å². The van der Waals surface area contributed by atoms with E-state index >= 15 is 0 Å². The molecule has 6 nitrogen and oxygen atoms in total. The van der Waals surface area contributed by atoms with Crippen molar-refractivity contribution in [1.29, 1.82) is 0 Å². The summed E-state index contributed by atoms with van der Waals surface area (Å²) in [5.74, 6) is 1.57. The van der Waals surface area contributed by atoms with Crippen molar-refractivity contribution in [2.45, 2.75) is 26.8 Å². The molecule has 2 aromatic carbocycles. The predicted octanol–water partition coefficient (Wildman–Crippen LogP) is 3.17. The third-order valence-corrected chi connectivity index (χ3v) is 5.32. The lowest BCUT2D eigenvalue weighted by molar-refractivity contribution is 0.0734. The topological polar surface area (TPSA) is 64.6 Å². The zero-order valence-corrected chi connectivity index (χ0v) is 15.3. The normalized spacial score (nSPS) is 15.1. The molecule has 3 heterocycles. The first-order valence-corrected chi connectivity index (χ1v) is 9.04. The molecule has 0 radical (unpaired) electrons. The number of carbonyl (C=O) groups excluding carboxylic acids is 1. The van der Waals surface area contributed by atoms with Gasteiger partial charge in [-0.15, -0.1) is 0 Å². The van der Waals surface area contributed by atoms with E-state index in [1.54, 1.807) is 0 Å². The van der Waals surface area contributed by atoms with Crippen LogP contribution in [-0.2, 0) is 13.0 Å². The third kappa shape index (κ3) is 2.68. The summed E-state index contributed by atoms with van der Waals surface area (Å²) in [7, 11) is 0. The van der Waals surface area contributed by atoms with Crippen molar-refractivity contribution in [3.63, 3.8) is 0 Å². The van der Waals surface area contributed by atoms with Crippen LogP contribution < -0.4 is 9.47 Å².